The van der Waals surface area contributed by atoms with Gasteiger partial charge >= 0.3 is 6.16 Å². The highest BCUT2D eigenvalue weighted by Crippen LogP contribution is 2.27. The molecule has 3 aromatic carbocycles. The average molecular weight is 400 g/mol. The standard InChI is InChI=1S/C25H24N2O3/c1-25(2,3)30-24(28)29-20-15-13-19(14-16-20)23-26-21-11-7-8-12-22(21)27(23)17-18-9-5-4-6-10-18/h4-16H,17H2,1-3H3. The number of para-hydroxylation sites is 2. The Morgan fingerprint density at radius 1 is 0.900 bits per heavy atom. The van der Waals surface area contributed by atoms with Crippen molar-refractivity contribution in [2.45, 2.75) is 32.9 Å². The van der Waals surface area contributed by atoms with E-state index in [0.717, 1.165) is 22.4 Å². The minimum atomic E-state index is -0.716. The first kappa shape index (κ1) is 19.7. The predicted molar refractivity (Wildman–Crippen MR) is 118 cm³/mol. The van der Waals surface area contributed by atoms with E-state index in [1.165, 1.54) is 5.56 Å². The Labute approximate surface area is 175 Å². The van der Waals surface area contributed by atoms with E-state index in [2.05, 4.69) is 22.8 Å². The second-order valence-corrected chi connectivity index (χ2v) is 8.09. The molecule has 0 unspecified atom stereocenters. The van der Waals surface area contributed by atoms with Gasteiger partial charge in [0.15, 0.2) is 0 Å². The van der Waals surface area contributed by atoms with Crippen molar-refractivity contribution in [2.75, 3.05) is 0 Å². The van der Waals surface area contributed by atoms with Crippen LogP contribution in [-0.4, -0.2) is 21.3 Å². The van der Waals surface area contributed by atoms with E-state index in [1.807, 2.05) is 48.5 Å². The van der Waals surface area contributed by atoms with Gasteiger partial charge in [-0.3, -0.25) is 0 Å². The first-order chi connectivity index (χ1) is 14.4. The van der Waals surface area contributed by atoms with Gasteiger partial charge in [-0.05, 0) is 62.7 Å². The third-order valence-electron chi connectivity index (χ3n) is 4.54. The number of ether oxygens (including phenoxy) is 2. The van der Waals surface area contributed by atoms with Gasteiger partial charge in [-0.25, -0.2) is 9.78 Å². The summed E-state index contributed by atoms with van der Waals surface area (Å²) in [5.41, 5.74) is 3.56. The maximum atomic E-state index is 11.9. The monoisotopic (exact) mass is 400 g/mol. The summed E-state index contributed by atoms with van der Waals surface area (Å²) in [5.74, 6) is 1.29. The van der Waals surface area contributed by atoms with Crippen LogP contribution < -0.4 is 4.74 Å². The molecule has 1 aromatic heterocycles. The second-order valence-electron chi connectivity index (χ2n) is 8.09. The summed E-state index contributed by atoms with van der Waals surface area (Å²) in [6, 6.07) is 25.7. The zero-order valence-corrected chi connectivity index (χ0v) is 17.3. The fourth-order valence-electron chi connectivity index (χ4n) is 3.26. The minimum Gasteiger partial charge on any atom is -0.428 e. The Kier molecular flexibility index (Phi) is 5.27. The lowest BCUT2D eigenvalue weighted by atomic mass is 10.2. The minimum absolute atomic E-state index is 0.429. The highest BCUT2D eigenvalue weighted by Gasteiger charge is 2.18. The average Bonchev–Trinajstić information content (AvgIpc) is 3.06. The summed E-state index contributed by atoms with van der Waals surface area (Å²) >= 11 is 0. The molecule has 0 spiro atoms. The van der Waals surface area contributed by atoms with Crippen molar-refractivity contribution in [1.29, 1.82) is 0 Å². The predicted octanol–water partition coefficient (Wildman–Crippen LogP) is 6.07. The molecular weight excluding hydrogens is 376 g/mol. The van der Waals surface area contributed by atoms with Crippen LogP contribution in [0.2, 0.25) is 0 Å². The number of benzene rings is 3. The number of carbonyl (C=O) groups is 1. The molecule has 30 heavy (non-hydrogen) atoms. The normalized spacial score (nSPS) is 11.4. The Morgan fingerprint density at radius 2 is 1.57 bits per heavy atom. The van der Waals surface area contributed by atoms with Gasteiger partial charge < -0.3 is 14.0 Å². The molecule has 4 rings (SSSR count). The molecule has 152 valence electrons. The molecule has 0 atom stereocenters. The van der Waals surface area contributed by atoms with Crippen molar-refractivity contribution < 1.29 is 14.3 Å². The summed E-state index contributed by atoms with van der Waals surface area (Å²) in [6.45, 7) is 6.12. The topological polar surface area (TPSA) is 53.4 Å². The van der Waals surface area contributed by atoms with Crippen molar-refractivity contribution in [3.05, 3.63) is 84.4 Å². The number of imidazole rings is 1. The molecule has 1 heterocycles. The smallest absolute Gasteiger partial charge is 0.428 e. The van der Waals surface area contributed by atoms with Crippen molar-refractivity contribution in [1.82, 2.24) is 9.55 Å². The number of fused-ring (bicyclic) bond motifs is 1. The molecule has 0 aliphatic rings. The van der Waals surface area contributed by atoms with Crippen LogP contribution >= 0.6 is 0 Å². The molecule has 0 saturated carbocycles. The second kappa shape index (κ2) is 8.03. The first-order valence-corrected chi connectivity index (χ1v) is 9.89. The Bertz CT molecular complexity index is 1160. The summed E-state index contributed by atoms with van der Waals surface area (Å²) in [7, 11) is 0. The zero-order valence-electron chi connectivity index (χ0n) is 17.3. The third-order valence-corrected chi connectivity index (χ3v) is 4.54. The van der Waals surface area contributed by atoms with Crippen LogP contribution in [0.4, 0.5) is 4.79 Å². The van der Waals surface area contributed by atoms with Crippen LogP contribution in [0, 0.1) is 0 Å². The van der Waals surface area contributed by atoms with E-state index in [4.69, 9.17) is 14.5 Å². The molecule has 0 aliphatic carbocycles. The van der Waals surface area contributed by atoms with Gasteiger partial charge in [0.25, 0.3) is 0 Å². The number of rotatable bonds is 4. The Balaban J connectivity index is 1.64. The molecule has 5 heteroatoms. The van der Waals surface area contributed by atoms with Gasteiger partial charge in [0, 0.05) is 12.1 Å². The van der Waals surface area contributed by atoms with Crippen molar-refractivity contribution in [3.63, 3.8) is 0 Å². The van der Waals surface area contributed by atoms with Gasteiger partial charge in [0.05, 0.1) is 11.0 Å². The number of hydrogen-bond acceptors (Lipinski definition) is 4. The fourth-order valence-corrected chi connectivity index (χ4v) is 3.26. The van der Waals surface area contributed by atoms with E-state index in [1.54, 1.807) is 32.9 Å². The van der Waals surface area contributed by atoms with Gasteiger partial charge in [0.2, 0.25) is 0 Å². The number of hydrogen-bond donors (Lipinski definition) is 0. The van der Waals surface area contributed by atoms with E-state index in [-0.39, 0.29) is 0 Å². The molecular formula is C25H24N2O3. The molecule has 0 fully saturated rings. The summed E-state index contributed by atoms with van der Waals surface area (Å²) in [4.78, 5) is 16.7. The number of nitrogens with zero attached hydrogens (tertiary/aromatic N) is 2. The van der Waals surface area contributed by atoms with Gasteiger partial charge in [-0.2, -0.15) is 0 Å². The number of carbonyl (C=O) groups excluding carboxylic acids is 1. The van der Waals surface area contributed by atoms with E-state index in [9.17, 15) is 4.79 Å². The SMILES string of the molecule is CC(C)(C)OC(=O)Oc1ccc(-c2nc3ccccc3n2Cc2ccccc2)cc1. The van der Waals surface area contributed by atoms with Crippen molar-refractivity contribution in [3.8, 4) is 17.1 Å². The van der Waals surface area contributed by atoms with Crippen LogP contribution in [0.25, 0.3) is 22.4 Å². The van der Waals surface area contributed by atoms with E-state index < -0.39 is 11.8 Å². The van der Waals surface area contributed by atoms with E-state index >= 15 is 0 Å². The third kappa shape index (κ3) is 4.51. The van der Waals surface area contributed by atoms with Gasteiger partial charge in [-0.15, -0.1) is 0 Å². The highest BCUT2D eigenvalue weighted by molar-refractivity contribution is 5.81. The van der Waals surface area contributed by atoms with Crippen LogP contribution in [0.3, 0.4) is 0 Å². The maximum absolute atomic E-state index is 11.9. The lowest BCUT2D eigenvalue weighted by Gasteiger charge is -2.18. The lowest BCUT2D eigenvalue weighted by molar-refractivity contribution is 0.0206. The molecule has 4 aromatic rings. The van der Waals surface area contributed by atoms with Crippen molar-refractivity contribution in [2.24, 2.45) is 0 Å². The maximum Gasteiger partial charge on any atom is 0.514 e. The zero-order chi connectivity index (χ0) is 21.1. The summed E-state index contributed by atoms with van der Waals surface area (Å²) in [6.07, 6.45) is -0.716. The highest BCUT2D eigenvalue weighted by atomic mass is 16.7. The summed E-state index contributed by atoms with van der Waals surface area (Å²) in [5, 5.41) is 0. The van der Waals surface area contributed by atoms with Crippen LogP contribution in [0.15, 0.2) is 78.9 Å². The lowest BCUT2D eigenvalue weighted by Crippen LogP contribution is -2.25. The van der Waals surface area contributed by atoms with Crippen molar-refractivity contribution >= 4 is 17.2 Å². The quantitative estimate of drug-likeness (QED) is 0.308. The van der Waals surface area contributed by atoms with Gasteiger partial charge in [-0.1, -0.05) is 42.5 Å². The largest absolute Gasteiger partial charge is 0.514 e. The van der Waals surface area contributed by atoms with Gasteiger partial charge in [0.1, 0.15) is 17.2 Å². The fraction of sp³-hybridized carbons (Fsp3) is 0.200. The molecule has 0 radical (unpaired) electrons. The Hall–Kier alpha value is -3.60. The molecule has 0 bridgehead atoms. The Morgan fingerprint density at radius 3 is 2.27 bits per heavy atom. The van der Waals surface area contributed by atoms with Crippen LogP contribution in [0.5, 0.6) is 5.75 Å². The van der Waals surface area contributed by atoms with Crippen LogP contribution in [-0.2, 0) is 11.3 Å². The molecule has 0 saturated heterocycles. The molecule has 0 amide bonds. The molecule has 0 aliphatic heterocycles. The number of aromatic nitrogens is 2. The first-order valence-electron chi connectivity index (χ1n) is 9.89. The van der Waals surface area contributed by atoms with E-state index in [0.29, 0.717) is 12.3 Å². The summed E-state index contributed by atoms with van der Waals surface area (Å²) < 4.78 is 12.7. The van der Waals surface area contributed by atoms with Crippen LogP contribution in [0.1, 0.15) is 26.3 Å². The molecule has 0 N–H and O–H groups in total. The molecule has 5 nitrogen and oxygen atoms in total.